The van der Waals surface area contributed by atoms with Gasteiger partial charge < -0.3 is 10.1 Å². The number of nitrogens with one attached hydrogen (secondary N) is 1. The summed E-state index contributed by atoms with van der Waals surface area (Å²) in [6.45, 7) is 0. The van der Waals surface area contributed by atoms with Crippen LogP contribution in [-0.4, -0.2) is 18.8 Å². The molecule has 5 heteroatoms. The first-order valence-corrected chi connectivity index (χ1v) is 4.32. The van der Waals surface area contributed by atoms with Gasteiger partial charge in [-0.25, -0.2) is 4.39 Å². The van der Waals surface area contributed by atoms with Gasteiger partial charge in [0.25, 0.3) is 5.91 Å². The van der Waals surface area contributed by atoms with Crippen LogP contribution in [0.25, 0.3) is 0 Å². The largest absolute Gasteiger partial charge is 0.494 e. The number of hydrogen-bond acceptors (Lipinski definition) is 3. The van der Waals surface area contributed by atoms with Gasteiger partial charge in [-0.3, -0.25) is 9.59 Å². The highest BCUT2D eigenvalue weighted by Crippen LogP contribution is 2.28. The van der Waals surface area contributed by atoms with E-state index in [9.17, 15) is 14.0 Å². The van der Waals surface area contributed by atoms with Crippen molar-refractivity contribution in [2.24, 2.45) is 0 Å². The van der Waals surface area contributed by atoms with E-state index in [1.807, 2.05) is 0 Å². The Bertz CT molecular complexity index is 456. The van der Waals surface area contributed by atoms with Crippen LogP contribution in [-0.2, 0) is 16.0 Å². The molecule has 2 rings (SSSR count). The Labute approximate surface area is 85.0 Å². The van der Waals surface area contributed by atoms with E-state index in [2.05, 4.69) is 5.32 Å². The van der Waals surface area contributed by atoms with Gasteiger partial charge in [0.15, 0.2) is 11.6 Å². The van der Waals surface area contributed by atoms with Gasteiger partial charge in [0.05, 0.1) is 7.11 Å². The minimum atomic E-state index is -0.670. The normalized spacial score (nSPS) is 14.5. The molecule has 0 aliphatic carbocycles. The fraction of sp³-hybridized carbons (Fsp3) is 0.200. The molecule has 78 valence electrons. The molecule has 1 N–H and O–H groups in total. The Morgan fingerprint density at radius 3 is 2.80 bits per heavy atom. The van der Waals surface area contributed by atoms with Crippen molar-refractivity contribution in [3.63, 3.8) is 0 Å². The summed E-state index contributed by atoms with van der Waals surface area (Å²) >= 11 is 0. The fourth-order valence-electron chi connectivity index (χ4n) is 1.46. The quantitative estimate of drug-likeness (QED) is 0.699. The molecule has 0 bridgehead atoms. The molecule has 0 atom stereocenters. The molecule has 0 fully saturated rings. The molecule has 4 nitrogen and oxygen atoms in total. The van der Waals surface area contributed by atoms with Gasteiger partial charge >= 0.3 is 0 Å². The fourth-order valence-corrected chi connectivity index (χ4v) is 1.46. The SMILES string of the molecule is COc1cc2c(cc1F)CC(=O)C(=O)N2. The van der Waals surface area contributed by atoms with Gasteiger partial charge in [0.1, 0.15) is 0 Å². The third kappa shape index (κ3) is 1.56. The van der Waals surface area contributed by atoms with Gasteiger partial charge in [-0.2, -0.15) is 0 Å². The highest BCUT2D eigenvalue weighted by atomic mass is 19.1. The zero-order valence-corrected chi connectivity index (χ0v) is 7.96. The van der Waals surface area contributed by atoms with Crippen molar-refractivity contribution in [1.29, 1.82) is 0 Å². The molecule has 1 aromatic carbocycles. The summed E-state index contributed by atoms with van der Waals surface area (Å²) in [6, 6.07) is 2.57. The number of amides is 1. The molecule has 0 radical (unpaired) electrons. The Morgan fingerprint density at radius 2 is 2.13 bits per heavy atom. The minimum absolute atomic E-state index is 0.0448. The second kappa shape index (κ2) is 3.34. The van der Waals surface area contributed by atoms with E-state index >= 15 is 0 Å². The smallest absolute Gasteiger partial charge is 0.292 e. The van der Waals surface area contributed by atoms with Crippen molar-refractivity contribution in [2.45, 2.75) is 6.42 Å². The summed E-state index contributed by atoms with van der Waals surface area (Å²) < 4.78 is 18.0. The summed E-state index contributed by atoms with van der Waals surface area (Å²) in [5.74, 6) is -1.73. The van der Waals surface area contributed by atoms with Gasteiger partial charge in [-0.15, -0.1) is 0 Å². The van der Waals surface area contributed by atoms with E-state index in [0.717, 1.165) is 0 Å². The molecule has 0 unspecified atom stereocenters. The van der Waals surface area contributed by atoms with Crippen LogP contribution in [0.1, 0.15) is 5.56 Å². The molecule has 0 spiro atoms. The number of ketones is 1. The van der Waals surface area contributed by atoms with Crippen LogP contribution in [0.3, 0.4) is 0 Å². The third-order valence-corrected chi connectivity index (χ3v) is 2.23. The van der Waals surface area contributed by atoms with Gasteiger partial charge in [-0.05, 0) is 11.6 Å². The molecule has 1 aliphatic heterocycles. The van der Waals surface area contributed by atoms with Crippen molar-refractivity contribution in [3.05, 3.63) is 23.5 Å². The van der Waals surface area contributed by atoms with Crippen LogP contribution in [0.5, 0.6) is 5.75 Å². The predicted octanol–water partition coefficient (Wildman–Crippen LogP) is 0.898. The Morgan fingerprint density at radius 1 is 1.40 bits per heavy atom. The molecule has 1 aromatic rings. The average Bonchev–Trinajstić information content (AvgIpc) is 2.20. The number of methoxy groups -OCH3 is 1. The number of ether oxygens (including phenoxy) is 1. The Kier molecular flexibility index (Phi) is 2.15. The lowest BCUT2D eigenvalue weighted by Crippen LogP contribution is -2.29. The zero-order chi connectivity index (χ0) is 11.0. The number of carbonyl (C=O) groups excluding carboxylic acids is 2. The maximum atomic E-state index is 13.3. The number of hydrogen-bond donors (Lipinski definition) is 1. The molecule has 1 heterocycles. The van der Waals surface area contributed by atoms with Gasteiger partial charge in [-0.1, -0.05) is 0 Å². The molecule has 0 saturated carbocycles. The van der Waals surface area contributed by atoms with E-state index < -0.39 is 17.5 Å². The zero-order valence-electron chi connectivity index (χ0n) is 7.96. The monoisotopic (exact) mass is 209 g/mol. The first-order chi connectivity index (χ1) is 7.11. The molecular formula is C10H8FNO3. The lowest BCUT2D eigenvalue weighted by Gasteiger charge is -2.16. The second-order valence-corrected chi connectivity index (χ2v) is 3.20. The van der Waals surface area contributed by atoms with Crippen molar-refractivity contribution in [2.75, 3.05) is 12.4 Å². The van der Waals surface area contributed by atoms with Crippen molar-refractivity contribution < 1.29 is 18.7 Å². The van der Waals surface area contributed by atoms with Crippen LogP contribution in [0.2, 0.25) is 0 Å². The molecular weight excluding hydrogens is 201 g/mol. The highest BCUT2D eigenvalue weighted by molar-refractivity contribution is 6.42. The van der Waals surface area contributed by atoms with Crippen LogP contribution in [0.4, 0.5) is 10.1 Å². The number of carbonyl (C=O) groups is 2. The number of anilines is 1. The lowest BCUT2D eigenvalue weighted by molar-refractivity contribution is -0.134. The van der Waals surface area contributed by atoms with Crippen LogP contribution < -0.4 is 10.1 Å². The first kappa shape index (κ1) is 9.64. The molecule has 0 saturated heterocycles. The number of fused-ring (bicyclic) bond motifs is 1. The number of halogens is 1. The predicted molar refractivity (Wildman–Crippen MR) is 50.3 cm³/mol. The van der Waals surface area contributed by atoms with Crippen molar-refractivity contribution in [1.82, 2.24) is 0 Å². The summed E-state index contributed by atoms with van der Waals surface area (Å²) in [7, 11) is 1.33. The molecule has 1 amide bonds. The van der Waals surface area contributed by atoms with Gasteiger partial charge in [0, 0.05) is 18.2 Å². The molecule has 0 aromatic heterocycles. The van der Waals surface area contributed by atoms with Crippen LogP contribution in [0.15, 0.2) is 12.1 Å². The van der Waals surface area contributed by atoms with Crippen LogP contribution in [0, 0.1) is 5.82 Å². The Balaban J connectivity index is 2.50. The average molecular weight is 209 g/mol. The number of rotatable bonds is 1. The standard InChI is InChI=1S/C10H8FNO3/c1-15-9-4-7-5(2-6(9)11)3-8(13)10(14)12-7/h2,4H,3H2,1H3,(H,12,14). The minimum Gasteiger partial charge on any atom is -0.494 e. The van der Waals surface area contributed by atoms with Crippen LogP contribution >= 0.6 is 0 Å². The number of benzene rings is 1. The molecule has 15 heavy (non-hydrogen) atoms. The lowest BCUT2D eigenvalue weighted by atomic mass is 10.0. The molecule has 1 aliphatic rings. The topological polar surface area (TPSA) is 55.4 Å². The highest BCUT2D eigenvalue weighted by Gasteiger charge is 2.24. The second-order valence-electron chi connectivity index (χ2n) is 3.20. The van der Waals surface area contributed by atoms with E-state index in [0.29, 0.717) is 11.3 Å². The maximum Gasteiger partial charge on any atom is 0.292 e. The van der Waals surface area contributed by atoms with E-state index in [1.54, 1.807) is 0 Å². The summed E-state index contributed by atoms with van der Waals surface area (Å²) in [6.07, 6.45) is -0.0674. The maximum absolute atomic E-state index is 13.3. The van der Waals surface area contributed by atoms with Crippen molar-refractivity contribution >= 4 is 17.4 Å². The third-order valence-electron chi connectivity index (χ3n) is 2.23. The van der Waals surface area contributed by atoms with E-state index in [-0.39, 0.29) is 12.2 Å². The summed E-state index contributed by atoms with van der Waals surface area (Å²) in [4.78, 5) is 22.1. The van der Waals surface area contributed by atoms with Crippen molar-refractivity contribution in [3.8, 4) is 5.75 Å². The summed E-state index contributed by atoms with van der Waals surface area (Å²) in [5.41, 5.74) is 0.899. The Hall–Kier alpha value is -1.91. The van der Waals surface area contributed by atoms with Gasteiger partial charge in [0.2, 0.25) is 5.78 Å². The van der Waals surface area contributed by atoms with E-state index in [1.165, 1.54) is 19.2 Å². The first-order valence-electron chi connectivity index (χ1n) is 4.32. The van der Waals surface area contributed by atoms with E-state index in [4.69, 9.17) is 4.74 Å². The number of Topliss-reactive ketones (excluding diaryl/α,β-unsaturated/α-hetero) is 1. The summed E-state index contributed by atoms with van der Waals surface area (Å²) in [5, 5.41) is 2.38.